The molecule has 117 heavy (non-hydrogen) atoms. The van der Waals surface area contributed by atoms with Crippen LogP contribution in [-0.4, -0.2) is 24.9 Å². The lowest BCUT2D eigenvalue weighted by molar-refractivity contribution is -0.662. The number of rotatable bonds is 13. The van der Waals surface area contributed by atoms with Crippen LogP contribution in [-0.2, 0) is 54.5 Å². The van der Waals surface area contributed by atoms with Crippen LogP contribution in [0.4, 0.5) is 0 Å². The average Bonchev–Trinajstić information content (AvgIpc) is 1.69. The normalized spacial score (nSPS) is 13.0. The van der Waals surface area contributed by atoms with Crippen LogP contribution in [0.15, 0.2) is 214 Å². The highest BCUT2D eigenvalue weighted by Crippen LogP contribution is 2.41. The number of benzene rings is 10. The van der Waals surface area contributed by atoms with Gasteiger partial charge in [0.25, 0.3) is 31.6 Å². The summed E-state index contributed by atoms with van der Waals surface area (Å²) < 4.78 is 10.7. The summed E-state index contributed by atoms with van der Waals surface area (Å²) in [5.74, 6) is 3.35. The number of hydrogen-bond donors (Lipinski definition) is 0. The zero-order chi connectivity index (χ0) is 83.0. The molecule has 5 heterocycles. The maximum absolute atomic E-state index is 4.83. The molecule has 0 N–H and O–H groups in total. The fraction of sp³-hybridized carbons (Fsp3) is 0.346. The molecule has 2 aliphatic rings. The van der Waals surface area contributed by atoms with Gasteiger partial charge in [-0.25, -0.2) is 22.8 Å². The second-order valence-corrected chi connectivity index (χ2v) is 35.4. The molecule has 0 aliphatic heterocycles. The molecule has 5 aromatic heterocycles. The molecular formula is C107H125N10+5. The lowest BCUT2D eigenvalue weighted by atomic mass is 9.92. The fourth-order valence-electron chi connectivity index (χ4n) is 17.9. The first-order chi connectivity index (χ1) is 56.2. The largest absolute Gasteiger partial charge is 0.287 e. The lowest BCUT2D eigenvalue weighted by Gasteiger charge is -2.13. The lowest BCUT2D eigenvalue weighted by Crippen LogP contribution is -2.32. The summed E-state index contributed by atoms with van der Waals surface area (Å²) in [5, 5.41) is 6.22. The third-order valence-corrected chi connectivity index (χ3v) is 24.0. The standard InChI is InChI=1S/2C22H25N2.3C21H25N2/c1-15-11-12-16(2)20(13-15)22-19-10-6-9-18(17-7-4-5-8-17)21(19)23-14-24(22)3;1-15-8-9-16(2)20(12-15)22-19-11-10-18(17-6-4-5-7-17)13-21(19)23-14-24(22)3;1-14(2)10-17-8-9-20-19(12-17)21(23(5)13-22-20)18-11-15(3)6-7-16(18)4;1-14(2)10-17-8-9-18-20(12-17)22-13-23(5)21(18)19-11-15(3)6-7-16(19)4;1-14(2)11-17-7-6-8-18-20(17)22-13-23(5)21(18)19-12-15(3)9-10-16(19)4/h6,9-14,17H,4-5,7-8H2,1-3H3;8-14,17H,4-7H2,1-3H3;2*6-9,11-14H,10H2,1-5H3;6-10,12-14H,11H2,1-5H3/q5*+1. The highest BCUT2D eigenvalue weighted by Gasteiger charge is 2.28. The fourth-order valence-corrected chi connectivity index (χ4v) is 17.9. The third-order valence-electron chi connectivity index (χ3n) is 24.0. The summed E-state index contributed by atoms with van der Waals surface area (Å²) in [6.45, 7) is 35.2. The molecule has 0 atom stereocenters. The molecule has 0 spiro atoms. The number of fused-ring (bicyclic) bond motifs is 5. The van der Waals surface area contributed by atoms with Gasteiger partial charge in [0.1, 0.15) is 28.5 Å². The zero-order valence-corrected chi connectivity index (χ0v) is 73.8. The topological polar surface area (TPSA) is 83.8 Å². The van der Waals surface area contributed by atoms with Crippen molar-refractivity contribution in [2.75, 3.05) is 0 Å². The van der Waals surface area contributed by atoms with Crippen molar-refractivity contribution in [2.24, 2.45) is 53.0 Å². The first-order valence-electron chi connectivity index (χ1n) is 42.9. The van der Waals surface area contributed by atoms with Gasteiger partial charge >= 0.3 is 0 Å². The number of hydrogen-bond acceptors (Lipinski definition) is 5. The van der Waals surface area contributed by atoms with E-state index in [0.717, 1.165) is 47.2 Å². The van der Waals surface area contributed by atoms with Crippen LogP contribution in [0, 0.1) is 87.0 Å². The minimum Gasteiger partial charge on any atom is -0.232 e. The van der Waals surface area contributed by atoms with E-state index in [-0.39, 0.29) is 0 Å². The molecule has 0 amide bonds. The van der Waals surface area contributed by atoms with Gasteiger partial charge in [-0.15, -0.1) is 0 Å². The molecule has 598 valence electrons. The minimum absolute atomic E-state index is 0.625. The Morgan fingerprint density at radius 1 is 0.291 bits per heavy atom. The van der Waals surface area contributed by atoms with Gasteiger partial charge in [-0.2, -0.15) is 0 Å². The molecule has 10 aromatic carbocycles. The van der Waals surface area contributed by atoms with Crippen molar-refractivity contribution >= 4 is 54.5 Å². The summed E-state index contributed by atoms with van der Waals surface area (Å²) in [6, 6.07) is 67.0. The Labute approximate surface area is 697 Å². The van der Waals surface area contributed by atoms with E-state index in [1.807, 2.05) is 31.6 Å². The molecule has 0 unspecified atom stereocenters. The van der Waals surface area contributed by atoms with E-state index in [1.54, 1.807) is 0 Å². The molecule has 2 aliphatic carbocycles. The monoisotopic (exact) mass is 1550 g/mol. The molecule has 10 nitrogen and oxygen atoms in total. The smallest absolute Gasteiger partial charge is 0.232 e. The van der Waals surface area contributed by atoms with Gasteiger partial charge < -0.3 is 0 Å². The van der Waals surface area contributed by atoms with Crippen molar-refractivity contribution in [1.29, 1.82) is 0 Å². The predicted octanol–water partition coefficient (Wildman–Crippen LogP) is 23.6. The van der Waals surface area contributed by atoms with E-state index in [1.165, 1.54) is 224 Å². The Hall–Kier alpha value is -11.1. The van der Waals surface area contributed by atoms with Crippen LogP contribution in [0.25, 0.3) is 111 Å². The van der Waals surface area contributed by atoms with Gasteiger partial charge in [0.2, 0.25) is 0 Å². The Balaban J connectivity index is 0.000000127. The Morgan fingerprint density at radius 2 is 0.632 bits per heavy atom. The third kappa shape index (κ3) is 19.3. The van der Waals surface area contributed by atoms with Gasteiger partial charge in [-0.1, -0.05) is 198 Å². The molecule has 0 saturated heterocycles. The van der Waals surface area contributed by atoms with E-state index in [4.69, 9.17) is 15.0 Å². The molecule has 10 heteroatoms. The Kier molecular flexibility index (Phi) is 26.5. The van der Waals surface area contributed by atoms with Crippen LogP contribution in [0.1, 0.15) is 188 Å². The van der Waals surface area contributed by atoms with Gasteiger partial charge in [-0.3, -0.25) is 0 Å². The molecule has 2 saturated carbocycles. The van der Waals surface area contributed by atoms with E-state index < -0.39 is 0 Å². The highest BCUT2D eigenvalue weighted by molar-refractivity contribution is 5.97. The van der Waals surface area contributed by atoms with Crippen molar-refractivity contribution in [3.8, 4) is 56.3 Å². The van der Waals surface area contributed by atoms with Crippen molar-refractivity contribution in [2.45, 2.75) is 193 Å². The van der Waals surface area contributed by atoms with Crippen LogP contribution in [0.3, 0.4) is 0 Å². The molecule has 15 aromatic rings. The van der Waals surface area contributed by atoms with Gasteiger partial charge in [0.15, 0.2) is 27.6 Å². The van der Waals surface area contributed by atoms with E-state index in [0.29, 0.717) is 23.7 Å². The van der Waals surface area contributed by atoms with Crippen molar-refractivity contribution in [3.05, 3.63) is 297 Å². The first kappa shape index (κ1) is 83.8. The second kappa shape index (κ2) is 37.0. The number of aromatic nitrogens is 10. The molecule has 2 fully saturated rings. The van der Waals surface area contributed by atoms with Gasteiger partial charge in [0.05, 0.1) is 62.2 Å². The van der Waals surface area contributed by atoms with Gasteiger partial charge in [-0.05, 0) is 292 Å². The van der Waals surface area contributed by atoms with Crippen LogP contribution < -0.4 is 22.8 Å². The van der Waals surface area contributed by atoms with E-state index in [2.05, 4.69) is 361 Å². The summed E-state index contributed by atoms with van der Waals surface area (Å²) >= 11 is 0. The summed E-state index contributed by atoms with van der Waals surface area (Å²) in [5.41, 5.74) is 38.3. The van der Waals surface area contributed by atoms with Crippen molar-refractivity contribution in [3.63, 3.8) is 0 Å². The Bertz CT molecular complexity index is 6070. The van der Waals surface area contributed by atoms with Crippen LogP contribution >= 0.6 is 0 Å². The van der Waals surface area contributed by atoms with Crippen molar-refractivity contribution in [1.82, 2.24) is 24.9 Å². The number of aryl methyl sites for hydroxylation is 15. The SMILES string of the molecule is Cc1ccc(C)c(-c2c3cc(CC(C)C)ccc3nc[n+]2C)c1.Cc1ccc(C)c(-c2c3ccc(C4CCCC4)cc3nc[n+]2C)c1.Cc1ccc(C)c(-c2c3ccc(CC(C)C)cc3nc[n+]2C)c1.Cc1ccc(C)c(-c2c3cccc(C4CCCC4)c3nc[n+]2C)c1.Cc1ccc(C)c(-c2c3cccc(CC(C)C)c3nc[n+]2C)c1. The molecule has 0 radical (unpaired) electrons. The maximum Gasteiger partial charge on any atom is 0.287 e. The quantitative estimate of drug-likeness (QED) is 0.107. The zero-order valence-electron chi connectivity index (χ0n) is 73.8. The minimum atomic E-state index is 0.625. The Morgan fingerprint density at radius 3 is 1.07 bits per heavy atom. The maximum atomic E-state index is 4.83. The van der Waals surface area contributed by atoms with Crippen LogP contribution in [0.5, 0.6) is 0 Å². The summed E-state index contributed by atoms with van der Waals surface area (Å²) in [7, 11) is 10.4. The van der Waals surface area contributed by atoms with E-state index >= 15 is 0 Å². The van der Waals surface area contributed by atoms with Crippen molar-refractivity contribution < 1.29 is 22.8 Å². The molecule has 17 rings (SSSR count). The second-order valence-electron chi connectivity index (χ2n) is 35.4. The van der Waals surface area contributed by atoms with E-state index in [9.17, 15) is 0 Å². The number of para-hydroxylation sites is 2. The number of nitrogens with zero attached hydrogens (tertiary/aromatic N) is 10. The molecule has 0 bridgehead atoms. The predicted molar refractivity (Wildman–Crippen MR) is 487 cm³/mol. The summed E-state index contributed by atoms with van der Waals surface area (Å²) in [4.78, 5) is 23.5. The highest BCUT2D eigenvalue weighted by atomic mass is 15.0. The summed E-state index contributed by atoms with van der Waals surface area (Å²) in [6.07, 6.45) is 23.7. The van der Waals surface area contributed by atoms with Crippen LogP contribution in [0.2, 0.25) is 0 Å². The molecular weight excluding hydrogens is 1430 g/mol. The first-order valence-corrected chi connectivity index (χ1v) is 42.9. The van der Waals surface area contributed by atoms with Gasteiger partial charge in [0, 0.05) is 38.9 Å². The average molecular weight is 1550 g/mol.